The van der Waals surface area contributed by atoms with Gasteiger partial charge in [-0.15, -0.1) is 11.3 Å². The Kier molecular flexibility index (Phi) is 5.49. The molecule has 1 spiro atoms. The van der Waals surface area contributed by atoms with Crippen LogP contribution in [-0.4, -0.2) is 52.8 Å². The van der Waals surface area contributed by atoms with E-state index in [-0.39, 0.29) is 24.1 Å². The van der Waals surface area contributed by atoms with Gasteiger partial charge in [-0.3, -0.25) is 14.9 Å². The molecular formula is C24H24N4O4S. The minimum Gasteiger partial charge on any atom is -0.484 e. The summed E-state index contributed by atoms with van der Waals surface area (Å²) in [5.41, 5.74) is 0.281. The number of rotatable bonds is 3. The molecule has 3 aromatic rings. The van der Waals surface area contributed by atoms with E-state index in [1.54, 1.807) is 23.2 Å². The summed E-state index contributed by atoms with van der Waals surface area (Å²) in [6.07, 6.45) is 2.97. The summed E-state index contributed by atoms with van der Waals surface area (Å²) in [6, 6.07) is 10.8. The molecule has 0 saturated carbocycles. The van der Waals surface area contributed by atoms with Gasteiger partial charge in [-0.25, -0.2) is 9.78 Å². The molecule has 0 radical (unpaired) electrons. The highest BCUT2D eigenvalue weighted by atomic mass is 32.1. The molecule has 2 aliphatic rings. The molecule has 9 heteroatoms. The molecule has 2 aromatic heterocycles. The van der Waals surface area contributed by atoms with Crippen molar-refractivity contribution in [2.75, 3.05) is 25.0 Å². The number of thiophene rings is 1. The largest absolute Gasteiger partial charge is 0.484 e. The highest BCUT2D eigenvalue weighted by Gasteiger charge is 2.44. The van der Waals surface area contributed by atoms with E-state index in [1.165, 1.54) is 11.3 Å². The maximum absolute atomic E-state index is 13.6. The number of benzene rings is 1. The van der Waals surface area contributed by atoms with Crippen LogP contribution in [0.1, 0.15) is 47.0 Å². The molecule has 1 aromatic carbocycles. The standard InChI is InChI=1S/C24H24N4O4S/c1-2-25-23(31)27-21-19(15-6-3-4-8-18(15)33-21)22(30)28-12-9-24(10-13-28)14-16(29)20-17(32-24)7-5-11-26-20/h3-8,11H,2,9-10,12-14H2,1H3,(H2,25,27,31). The number of anilines is 1. The fourth-order valence-electron chi connectivity index (χ4n) is 4.54. The number of hydrogen-bond donors (Lipinski definition) is 2. The number of piperidine rings is 1. The van der Waals surface area contributed by atoms with E-state index < -0.39 is 5.60 Å². The summed E-state index contributed by atoms with van der Waals surface area (Å²) >= 11 is 1.39. The van der Waals surface area contributed by atoms with E-state index in [9.17, 15) is 14.4 Å². The van der Waals surface area contributed by atoms with Crippen molar-refractivity contribution in [3.05, 3.63) is 53.9 Å². The first kappa shape index (κ1) is 21.4. The van der Waals surface area contributed by atoms with Crippen LogP contribution in [0.25, 0.3) is 10.1 Å². The van der Waals surface area contributed by atoms with Crippen molar-refractivity contribution in [2.45, 2.75) is 31.8 Å². The van der Waals surface area contributed by atoms with Crippen LogP contribution in [0.15, 0.2) is 42.6 Å². The first-order valence-electron chi connectivity index (χ1n) is 11.0. The normalized spacial score (nSPS) is 16.9. The van der Waals surface area contributed by atoms with Gasteiger partial charge in [0.05, 0.1) is 12.0 Å². The number of amides is 3. The number of pyridine rings is 1. The van der Waals surface area contributed by atoms with Crippen LogP contribution in [0, 0.1) is 0 Å². The van der Waals surface area contributed by atoms with Crippen molar-refractivity contribution in [3.8, 4) is 5.75 Å². The van der Waals surface area contributed by atoms with E-state index in [2.05, 4.69) is 15.6 Å². The van der Waals surface area contributed by atoms with Gasteiger partial charge in [-0.05, 0) is 25.1 Å². The molecule has 3 amide bonds. The quantitative estimate of drug-likeness (QED) is 0.608. The highest BCUT2D eigenvalue weighted by Crippen LogP contribution is 2.40. The van der Waals surface area contributed by atoms with Gasteiger partial charge in [-0.1, -0.05) is 18.2 Å². The van der Waals surface area contributed by atoms with Crippen LogP contribution in [0.4, 0.5) is 9.80 Å². The zero-order valence-electron chi connectivity index (χ0n) is 18.2. The van der Waals surface area contributed by atoms with Crippen molar-refractivity contribution in [1.82, 2.24) is 15.2 Å². The van der Waals surface area contributed by atoms with Crippen molar-refractivity contribution in [1.29, 1.82) is 0 Å². The number of aromatic nitrogens is 1. The number of nitrogens with one attached hydrogen (secondary N) is 2. The smallest absolute Gasteiger partial charge is 0.319 e. The lowest BCUT2D eigenvalue weighted by Crippen LogP contribution is -2.52. The molecule has 5 rings (SSSR count). The predicted molar refractivity (Wildman–Crippen MR) is 126 cm³/mol. The van der Waals surface area contributed by atoms with Crippen LogP contribution in [0.5, 0.6) is 5.75 Å². The van der Waals surface area contributed by atoms with Gasteiger partial charge in [0.25, 0.3) is 5.91 Å². The van der Waals surface area contributed by atoms with Crippen LogP contribution in [-0.2, 0) is 0 Å². The second kappa shape index (κ2) is 8.47. The zero-order chi connectivity index (χ0) is 23.0. The number of ketones is 1. The number of carbonyl (C=O) groups excluding carboxylic acids is 3. The molecule has 33 heavy (non-hydrogen) atoms. The molecule has 4 heterocycles. The summed E-state index contributed by atoms with van der Waals surface area (Å²) in [5.74, 6) is 0.373. The molecule has 0 aliphatic carbocycles. The van der Waals surface area contributed by atoms with Crippen molar-refractivity contribution in [3.63, 3.8) is 0 Å². The Morgan fingerprint density at radius 2 is 1.97 bits per heavy atom. The number of nitrogens with zero attached hydrogens (tertiary/aromatic N) is 2. The molecule has 0 bridgehead atoms. The summed E-state index contributed by atoms with van der Waals surface area (Å²) in [5, 5.41) is 6.91. The number of urea groups is 1. The fraction of sp³-hybridized carbons (Fsp3) is 0.333. The van der Waals surface area contributed by atoms with E-state index in [0.717, 1.165) is 10.1 Å². The molecule has 0 unspecified atom stereocenters. The third-order valence-corrected chi connectivity index (χ3v) is 7.27. The number of hydrogen-bond acceptors (Lipinski definition) is 6. The van der Waals surface area contributed by atoms with Gasteiger partial charge in [0.1, 0.15) is 22.0 Å². The third kappa shape index (κ3) is 3.93. The van der Waals surface area contributed by atoms with Crippen molar-refractivity contribution < 1.29 is 19.1 Å². The average Bonchev–Trinajstić information content (AvgIpc) is 3.17. The Bertz CT molecular complexity index is 1250. The lowest BCUT2D eigenvalue weighted by molar-refractivity contribution is -0.00628. The summed E-state index contributed by atoms with van der Waals surface area (Å²) in [4.78, 5) is 44.4. The third-order valence-electron chi connectivity index (χ3n) is 6.18. The minimum absolute atomic E-state index is 0.0196. The van der Waals surface area contributed by atoms with E-state index >= 15 is 0 Å². The fourth-order valence-corrected chi connectivity index (χ4v) is 5.63. The topological polar surface area (TPSA) is 101 Å². The maximum Gasteiger partial charge on any atom is 0.319 e. The predicted octanol–water partition coefficient (Wildman–Crippen LogP) is 4.08. The van der Waals surface area contributed by atoms with E-state index in [4.69, 9.17) is 4.74 Å². The molecule has 0 atom stereocenters. The Balaban J connectivity index is 1.37. The van der Waals surface area contributed by atoms with Gasteiger partial charge in [-0.2, -0.15) is 0 Å². The molecule has 170 valence electrons. The van der Waals surface area contributed by atoms with Crippen molar-refractivity contribution >= 4 is 44.1 Å². The van der Waals surface area contributed by atoms with E-state index in [0.29, 0.717) is 54.5 Å². The second-order valence-corrected chi connectivity index (χ2v) is 9.37. The first-order valence-corrected chi connectivity index (χ1v) is 11.8. The summed E-state index contributed by atoms with van der Waals surface area (Å²) in [6.45, 7) is 3.26. The second-order valence-electron chi connectivity index (χ2n) is 8.31. The zero-order valence-corrected chi connectivity index (χ0v) is 19.0. The van der Waals surface area contributed by atoms with Gasteiger partial charge >= 0.3 is 6.03 Å². The van der Waals surface area contributed by atoms with Crippen LogP contribution in [0.2, 0.25) is 0 Å². The molecule has 1 fully saturated rings. The molecule has 8 nitrogen and oxygen atoms in total. The van der Waals surface area contributed by atoms with Crippen molar-refractivity contribution in [2.24, 2.45) is 0 Å². The Morgan fingerprint density at radius 3 is 2.76 bits per heavy atom. The maximum atomic E-state index is 13.6. The lowest BCUT2D eigenvalue weighted by Gasteiger charge is -2.43. The number of likely N-dealkylation sites (tertiary alicyclic amines) is 1. The minimum atomic E-state index is -0.608. The van der Waals surface area contributed by atoms with Gasteiger partial charge < -0.3 is 15.0 Å². The van der Waals surface area contributed by atoms with Gasteiger partial charge in [0.15, 0.2) is 5.78 Å². The lowest BCUT2D eigenvalue weighted by atomic mass is 9.83. The Morgan fingerprint density at radius 1 is 1.18 bits per heavy atom. The Hall–Kier alpha value is -3.46. The SMILES string of the molecule is CCNC(=O)Nc1sc2ccccc2c1C(=O)N1CCC2(CC1)CC(=O)c1ncccc1O2. The molecule has 2 aliphatic heterocycles. The van der Waals surface area contributed by atoms with Gasteiger partial charge in [0, 0.05) is 48.8 Å². The number of fused-ring (bicyclic) bond motifs is 2. The Labute approximate surface area is 194 Å². The average molecular weight is 465 g/mol. The summed E-state index contributed by atoms with van der Waals surface area (Å²) in [7, 11) is 0. The van der Waals surface area contributed by atoms with Crippen LogP contribution < -0.4 is 15.4 Å². The molecular weight excluding hydrogens is 440 g/mol. The van der Waals surface area contributed by atoms with Crippen LogP contribution in [0.3, 0.4) is 0 Å². The number of carbonyl (C=O) groups is 3. The highest BCUT2D eigenvalue weighted by molar-refractivity contribution is 7.23. The first-order chi connectivity index (χ1) is 16.0. The summed E-state index contributed by atoms with van der Waals surface area (Å²) < 4.78 is 7.18. The van der Waals surface area contributed by atoms with Crippen LogP contribution >= 0.6 is 11.3 Å². The number of Topliss-reactive ketones (excluding diaryl/α,β-unsaturated/α-hetero) is 1. The molecule has 2 N–H and O–H groups in total. The molecule has 1 saturated heterocycles. The monoisotopic (exact) mass is 464 g/mol. The number of ether oxygens (including phenoxy) is 1. The van der Waals surface area contributed by atoms with Gasteiger partial charge in [0.2, 0.25) is 0 Å². The van der Waals surface area contributed by atoms with E-state index in [1.807, 2.05) is 31.2 Å².